The van der Waals surface area contributed by atoms with Gasteiger partial charge in [0.25, 0.3) is 0 Å². The van der Waals surface area contributed by atoms with E-state index in [1.165, 1.54) is 19.4 Å². The lowest BCUT2D eigenvalue weighted by Gasteiger charge is -2.38. The van der Waals surface area contributed by atoms with E-state index in [1.54, 1.807) is 0 Å². The van der Waals surface area contributed by atoms with Crippen molar-refractivity contribution in [1.29, 1.82) is 0 Å². The van der Waals surface area contributed by atoms with Crippen molar-refractivity contribution >= 4 is 5.84 Å². The Labute approximate surface area is 111 Å². The van der Waals surface area contributed by atoms with Gasteiger partial charge in [-0.2, -0.15) is 0 Å². The van der Waals surface area contributed by atoms with Gasteiger partial charge in [-0.25, -0.2) is 0 Å². The Morgan fingerprint density at radius 2 is 2.11 bits per heavy atom. The fraction of sp³-hybridized carbons (Fsp3) is 0.929. The largest absolute Gasteiger partial charge is 0.409 e. The van der Waals surface area contributed by atoms with Crippen molar-refractivity contribution in [2.75, 3.05) is 13.1 Å². The minimum atomic E-state index is -0.209. The van der Waals surface area contributed by atoms with E-state index in [-0.39, 0.29) is 5.41 Å². The standard InChI is InChI=1S/C14H29N3O/c1-11-7-5-9-17(12(11)2)10-6-8-14(3,4)13(15)16-18/h11-12,18H,5-10H2,1-4H3,(H2,15,16). The third-order valence-corrected chi connectivity index (χ3v) is 4.55. The van der Waals surface area contributed by atoms with Crippen LogP contribution in [0.4, 0.5) is 0 Å². The van der Waals surface area contributed by atoms with Gasteiger partial charge < -0.3 is 15.8 Å². The highest BCUT2D eigenvalue weighted by Gasteiger charge is 2.26. The first-order valence-corrected chi connectivity index (χ1v) is 7.10. The van der Waals surface area contributed by atoms with Crippen LogP contribution in [-0.2, 0) is 0 Å². The average molecular weight is 255 g/mol. The molecule has 0 aliphatic carbocycles. The molecular weight excluding hydrogens is 226 g/mol. The minimum Gasteiger partial charge on any atom is -0.409 e. The minimum absolute atomic E-state index is 0.209. The number of rotatable bonds is 5. The number of piperidine rings is 1. The van der Waals surface area contributed by atoms with Gasteiger partial charge in [-0.05, 0) is 51.6 Å². The molecule has 2 atom stereocenters. The van der Waals surface area contributed by atoms with Crippen LogP contribution in [0.1, 0.15) is 53.4 Å². The van der Waals surface area contributed by atoms with Gasteiger partial charge in [-0.1, -0.05) is 25.9 Å². The lowest BCUT2D eigenvalue weighted by molar-refractivity contribution is 0.109. The van der Waals surface area contributed by atoms with E-state index in [1.807, 2.05) is 13.8 Å². The molecule has 4 nitrogen and oxygen atoms in total. The van der Waals surface area contributed by atoms with Crippen molar-refractivity contribution in [1.82, 2.24) is 4.90 Å². The third kappa shape index (κ3) is 3.87. The summed E-state index contributed by atoms with van der Waals surface area (Å²) in [6.07, 6.45) is 4.73. The molecule has 2 unspecified atom stereocenters. The smallest absolute Gasteiger partial charge is 0.144 e. The Bertz CT molecular complexity index is 289. The van der Waals surface area contributed by atoms with E-state index in [4.69, 9.17) is 10.9 Å². The fourth-order valence-electron chi connectivity index (χ4n) is 2.72. The predicted octanol–water partition coefficient (Wildman–Crippen LogP) is 2.66. The number of oxime groups is 1. The predicted molar refractivity (Wildman–Crippen MR) is 75.9 cm³/mol. The van der Waals surface area contributed by atoms with E-state index in [9.17, 15) is 0 Å². The maximum atomic E-state index is 8.75. The molecule has 0 amide bonds. The molecule has 1 fully saturated rings. The number of nitrogens with two attached hydrogens (primary N) is 1. The van der Waals surface area contributed by atoms with Crippen LogP contribution in [0.25, 0.3) is 0 Å². The Kier molecular flexibility index (Phi) is 5.45. The molecule has 0 saturated carbocycles. The quantitative estimate of drug-likeness (QED) is 0.343. The maximum Gasteiger partial charge on any atom is 0.144 e. The van der Waals surface area contributed by atoms with E-state index >= 15 is 0 Å². The van der Waals surface area contributed by atoms with Gasteiger partial charge in [0.1, 0.15) is 5.84 Å². The monoisotopic (exact) mass is 255 g/mol. The molecule has 0 radical (unpaired) electrons. The zero-order valence-corrected chi connectivity index (χ0v) is 12.3. The SMILES string of the molecule is CC1CCCN(CCCC(C)(C)C(N)=NO)C1C. The van der Waals surface area contributed by atoms with Crippen LogP contribution < -0.4 is 5.73 Å². The van der Waals surface area contributed by atoms with Gasteiger partial charge in [-0.15, -0.1) is 0 Å². The zero-order valence-electron chi connectivity index (χ0n) is 12.3. The Balaban J connectivity index is 2.37. The summed E-state index contributed by atoms with van der Waals surface area (Å²) in [5.41, 5.74) is 5.50. The Hall–Kier alpha value is -0.770. The molecule has 1 heterocycles. The first-order chi connectivity index (χ1) is 8.38. The lowest BCUT2D eigenvalue weighted by Crippen LogP contribution is -2.43. The topological polar surface area (TPSA) is 61.8 Å². The molecule has 0 aromatic heterocycles. The molecule has 4 heteroatoms. The summed E-state index contributed by atoms with van der Waals surface area (Å²) in [5, 5.41) is 11.9. The van der Waals surface area contributed by atoms with Crippen molar-refractivity contribution in [3.8, 4) is 0 Å². The molecule has 106 valence electrons. The first kappa shape index (κ1) is 15.3. The van der Waals surface area contributed by atoms with Crippen LogP contribution in [-0.4, -0.2) is 35.1 Å². The zero-order chi connectivity index (χ0) is 13.8. The van der Waals surface area contributed by atoms with Gasteiger partial charge in [0.15, 0.2) is 0 Å². The summed E-state index contributed by atoms with van der Waals surface area (Å²) in [7, 11) is 0. The summed E-state index contributed by atoms with van der Waals surface area (Å²) >= 11 is 0. The third-order valence-electron chi connectivity index (χ3n) is 4.55. The number of amidine groups is 1. The molecule has 1 aliphatic heterocycles. The lowest BCUT2D eigenvalue weighted by atomic mass is 9.86. The van der Waals surface area contributed by atoms with Crippen LogP contribution in [0.2, 0.25) is 0 Å². The Morgan fingerprint density at radius 1 is 1.44 bits per heavy atom. The molecule has 0 bridgehead atoms. The number of nitrogens with zero attached hydrogens (tertiary/aromatic N) is 2. The van der Waals surface area contributed by atoms with Crippen LogP contribution in [0.5, 0.6) is 0 Å². The second-order valence-corrected chi connectivity index (χ2v) is 6.37. The van der Waals surface area contributed by atoms with Crippen molar-refractivity contribution in [3.63, 3.8) is 0 Å². The molecule has 3 N–H and O–H groups in total. The van der Waals surface area contributed by atoms with E-state index in [0.717, 1.165) is 25.3 Å². The van der Waals surface area contributed by atoms with Crippen molar-refractivity contribution in [2.24, 2.45) is 22.2 Å². The summed E-state index contributed by atoms with van der Waals surface area (Å²) < 4.78 is 0. The maximum absolute atomic E-state index is 8.75. The number of likely N-dealkylation sites (tertiary alicyclic amines) is 1. The highest BCUT2D eigenvalue weighted by Crippen LogP contribution is 2.26. The van der Waals surface area contributed by atoms with Crippen LogP contribution >= 0.6 is 0 Å². The summed E-state index contributed by atoms with van der Waals surface area (Å²) in [4.78, 5) is 2.58. The van der Waals surface area contributed by atoms with Crippen LogP contribution in [0.15, 0.2) is 5.16 Å². The summed E-state index contributed by atoms with van der Waals surface area (Å²) in [6.45, 7) is 11.1. The van der Waals surface area contributed by atoms with Crippen molar-refractivity contribution in [2.45, 2.75) is 59.4 Å². The number of hydrogen-bond acceptors (Lipinski definition) is 3. The Morgan fingerprint density at radius 3 is 2.72 bits per heavy atom. The average Bonchev–Trinajstić information content (AvgIpc) is 2.33. The molecule has 18 heavy (non-hydrogen) atoms. The highest BCUT2D eigenvalue weighted by atomic mass is 16.4. The molecule has 0 aromatic carbocycles. The number of hydrogen-bond donors (Lipinski definition) is 2. The molecular formula is C14H29N3O. The van der Waals surface area contributed by atoms with Gasteiger partial charge >= 0.3 is 0 Å². The van der Waals surface area contributed by atoms with Crippen molar-refractivity contribution in [3.05, 3.63) is 0 Å². The second-order valence-electron chi connectivity index (χ2n) is 6.37. The normalized spacial score (nSPS) is 27.4. The van der Waals surface area contributed by atoms with Crippen molar-refractivity contribution < 1.29 is 5.21 Å². The molecule has 0 aromatic rings. The molecule has 1 rings (SSSR count). The van der Waals surface area contributed by atoms with E-state index in [0.29, 0.717) is 11.9 Å². The van der Waals surface area contributed by atoms with Gasteiger partial charge in [0.05, 0.1) is 0 Å². The molecule has 0 spiro atoms. The van der Waals surface area contributed by atoms with Crippen LogP contribution in [0.3, 0.4) is 0 Å². The van der Waals surface area contributed by atoms with Gasteiger partial charge in [-0.3, -0.25) is 0 Å². The summed E-state index contributed by atoms with van der Waals surface area (Å²) in [5.74, 6) is 1.14. The van der Waals surface area contributed by atoms with Crippen LogP contribution in [0, 0.1) is 11.3 Å². The molecule has 1 saturated heterocycles. The van der Waals surface area contributed by atoms with Gasteiger partial charge in [0, 0.05) is 11.5 Å². The van der Waals surface area contributed by atoms with E-state index in [2.05, 4.69) is 23.9 Å². The summed E-state index contributed by atoms with van der Waals surface area (Å²) in [6, 6.07) is 0.686. The second kappa shape index (κ2) is 6.41. The highest BCUT2D eigenvalue weighted by molar-refractivity contribution is 5.85. The van der Waals surface area contributed by atoms with Gasteiger partial charge in [0.2, 0.25) is 0 Å². The molecule has 1 aliphatic rings. The fourth-order valence-corrected chi connectivity index (χ4v) is 2.72. The first-order valence-electron chi connectivity index (χ1n) is 7.10. The van der Waals surface area contributed by atoms with E-state index < -0.39 is 0 Å².